The van der Waals surface area contributed by atoms with E-state index in [4.69, 9.17) is 9.15 Å². The van der Waals surface area contributed by atoms with Crippen LogP contribution < -0.4 is 27.8 Å². The van der Waals surface area contributed by atoms with Gasteiger partial charge in [0.05, 0.1) is 23.4 Å². The molecule has 3 aromatic carbocycles. The lowest BCUT2D eigenvalue weighted by Crippen LogP contribution is -3.00. The Morgan fingerprint density at radius 1 is 0.953 bits per heavy atom. The first-order valence-electron chi connectivity index (χ1n) is 12.9. The zero-order valence-electron chi connectivity index (χ0n) is 22.9. The minimum Gasteiger partial charge on any atom is -1.00 e. The van der Waals surface area contributed by atoms with Gasteiger partial charge in [0.1, 0.15) is 45.9 Å². The molecule has 0 aliphatic heterocycles. The van der Waals surface area contributed by atoms with Gasteiger partial charge in [-0.1, -0.05) is 30.3 Å². The summed E-state index contributed by atoms with van der Waals surface area (Å²) in [6.07, 6.45) is -2.13. The highest BCUT2D eigenvalue weighted by atomic mass is 35.5. The van der Waals surface area contributed by atoms with Crippen LogP contribution in [0.25, 0.3) is 22.2 Å². The number of hydrogen-bond donors (Lipinski definition) is 2. The minimum absolute atomic E-state index is 0. The molecule has 2 aromatic heterocycles. The summed E-state index contributed by atoms with van der Waals surface area (Å²) < 4.78 is 75.9. The lowest BCUT2D eigenvalue weighted by Gasteiger charge is -2.16. The Balaban J connectivity index is 0.00000423. The molecule has 0 radical (unpaired) electrons. The quantitative estimate of drug-likeness (QED) is 0.214. The van der Waals surface area contributed by atoms with Gasteiger partial charge in [0.15, 0.2) is 0 Å². The highest BCUT2D eigenvalue weighted by Crippen LogP contribution is 2.39. The van der Waals surface area contributed by atoms with Gasteiger partial charge in [-0.2, -0.15) is 13.2 Å². The van der Waals surface area contributed by atoms with Gasteiger partial charge in [0.25, 0.3) is 0 Å². The van der Waals surface area contributed by atoms with Crippen LogP contribution in [0.2, 0.25) is 0 Å². The van der Waals surface area contributed by atoms with Gasteiger partial charge in [-0.15, -0.1) is 0 Å². The predicted octanol–water partition coefficient (Wildman–Crippen LogP) is 3.37. The maximum absolute atomic E-state index is 14.0. The molecule has 8 nitrogen and oxygen atoms in total. The molecule has 0 spiro atoms. The Bertz CT molecular complexity index is 1800. The van der Waals surface area contributed by atoms with Crippen LogP contribution in [-0.4, -0.2) is 36.9 Å². The van der Waals surface area contributed by atoms with Crippen molar-refractivity contribution in [2.24, 2.45) is 0 Å². The molecule has 0 saturated carbocycles. The summed E-state index contributed by atoms with van der Waals surface area (Å²) >= 11 is 0. The van der Waals surface area contributed by atoms with Crippen LogP contribution in [0, 0.1) is 0 Å². The zero-order chi connectivity index (χ0) is 29.7. The second-order valence-electron chi connectivity index (χ2n) is 9.63. The summed E-state index contributed by atoms with van der Waals surface area (Å²) in [6.45, 7) is 0.653. The highest BCUT2D eigenvalue weighted by molar-refractivity contribution is 7.90. The van der Waals surface area contributed by atoms with E-state index in [2.05, 4.69) is 20.6 Å². The van der Waals surface area contributed by atoms with Gasteiger partial charge in [0.2, 0.25) is 0 Å². The summed E-state index contributed by atoms with van der Waals surface area (Å²) in [7, 11) is -3.06. The Morgan fingerprint density at radius 3 is 2.49 bits per heavy atom. The van der Waals surface area contributed by atoms with Crippen molar-refractivity contribution in [1.82, 2.24) is 15.3 Å². The smallest absolute Gasteiger partial charge is 0.420 e. The zero-order valence-corrected chi connectivity index (χ0v) is 24.4. The average Bonchev–Trinajstić information content (AvgIpc) is 3.43. The third-order valence-electron chi connectivity index (χ3n) is 6.32. The number of nitrogens with one attached hydrogen (secondary N) is 2. The average molecular weight is 632 g/mol. The molecule has 5 aromatic rings. The molecule has 0 amide bonds. The van der Waals surface area contributed by atoms with Crippen LogP contribution in [0.5, 0.6) is 5.75 Å². The summed E-state index contributed by atoms with van der Waals surface area (Å²) in [5.41, 5.74) is 1.33. The number of benzene rings is 3. The van der Waals surface area contributed by atoms with E-state index < -0.39 is 21.6 Å². The number of fused-ring (bicyclic) bond motifs is 1. The first-order valence-corrected chi connectivity index (χ1v) is 15.0. The monoisotopic (exact) mass is 631 g/mol. The molecule has 0 saturated heterocycles. The molecular formula is C30H27ClF3N4O4S-. The minimum atomic E-state index is -4.64. The molecule has 0 aliphatic rings. The van der Waals surface area contributed by atoms with Crippen molar-refractivity contribution in [3.05, 3.63) is 102 Å². The van der Waals surface area contributed by atoms with Crippen molar-refractivity contribution in [1.29, 1.82) is 0 Å². The van der Waals surface area contributed by atoms with E-state index in [1.165, 1.54) is 24.7 Å². The molecule has 0 aliphatic carbocycles. The Morgan fingerprint density at radius 2 is 1.74 bits per heavy atom. The normalized spacial score (nSPS) is 11.7. The molecule has 13 heteroatoms. The predicted molar refractivity (Wildman–Crippen MR) is 154 cm³/mol. The molecule has 0 unspecified atom stereocenters. The lowest BCUT2D eigenvalue weighted by molar-refractivity contribution is -0.139. The van der Waals surface area contributed by atoms with Crippen molar-refractivity contribution in [3.8, 4) is 17.1 Å². The summed E-state index contributed by atoms with van der Waals surface area (Å²) in [6, 6.07) is 21.7. The van der Waals surface area contributed by atoms with Gasteiger partial charge in [-0.25, -0.2) is 18.4 Å². The third kappa shape index (κ3) is 8.46. The number of anilines is 2. The van der Waals surface area contributed by atoms with Crippen LogP contribution >= 0.6 is 0 Å². The van der Waals surface area contributed by atoms with Gasteiger partial charge < -0.3 is 32.2 Å². The first kappa shape index (κ1) is 31.8. The van der Waals surface area contributed by atoms with Crippen molar-refractivity contribution >= 4 is 32.2 Å². The number of furan rings is 1. The number of halogens is 4. The van der Waals surface area contributed by atoms with Crippen LogP contribution in [0.4, 0.5) is 24.7 Å². The van der Waals surface area contributed by atoms with Gasteiger partial charge in [-0.05, 0) is 54.1 Å². The third-order valence-corrected chi connectivity index (χ3v) is 7.26. The fourth-order valence-electron chi connectivity index (χ4n) is 4.23. The first-order chi connectivity index (χ1) is 20.0. The van der Waals surface area contributed by atoms with E-state index in [9.17, 15) is 21.6 Å². The molecule has 43 heavy (non-hydrogen) atoms. The number of ether oxygens (including phenoxy) is 1. The number of rotatable bonds is 11. The van der Waals surface area contributed by atoms with Crippen LogP contribution in [0.15, 0.2) is 89.6 Å². The fraction of sp³-hybridized carbons (Fsp3) is 0.200. The van der Waals surface area contributed by atoms with E-state index >= 15 is 0 Å². The number of nitrogens with zero attached hydrogens (tertiary/aromatic N) is 2. The molecule has 5 rings (SSSR count). The van der Waals surface area contributed by atoms with Crippen molar-refractivity contribution in [2.45, 2.75) is 19.3 Å². The molecule has 2 N–H and O–H groups in total. The Kier molecular flexibility index (Phi) is 9.95. The second kappa shape index (κ2) is 13.4. The fourth-order valence-corrected chi connectivity index (χ4v) is 4.75. The molecule has 0 bridgehead atoms. The largest absolute Gasteiger partial charge is 1.00 e. The standard InChI is InChI=1S/C30H27F3N4O4S.ClH/c1-42(38,39)14-13-34-17-23-9-12-27(41-23)21-7-10-26-24(15-21)29(36-19-35-26)37-22-8-11-28(25(16-22)30(31,32)33)40-18-20-5-3-2-4-6-20;/h2-12,15-16,19,34H,13-14,17-18H2,1H3,(H,35,36,37);1H/p-1. The second-order valence-corrected chi connectivity index (χ2v) is 11.9. The number of hydrogen-bond acceptors (Lipinski definition) is 8. The summed E-state index contributed by atoms with van der Waals surface area (Å²) in [4.78, 5) is 8.55. The van der Waals surface area contributed by atoms with E-state index in [-0.39, 0.29) is 36.2 Å². The number of sulfone groups is 1. The van der Waals surface area contributed by atoms with Crippen molar-refractivity contribution < 1.29 is 43.2 Å². The molecular weight excluding hydrogens is 605 g/mol. The highest BCUT2D eigenvalue weighted by Gasteiger charge is 2.35. The lowest BCUT2D eigenvalue weighted by atomic mass is 10.1. The van der Waals surface area contributed by atoms with E-state index in [0.29, 0.717) is 46.9 Å². The van der Waals surface area contributed by atoms with E-state index in [1.807, 2.05) is 12.1 Å². The molecule has 226 valence electrons. The molecule has 0 atom stereocenters. The summed E-state index contributed by atoms with van der Waals surface area (Å²) in [5.74, 6) is 1.25. The molecule has 0 fully saturated rings. The Labute approximate surface area is 252 Å². The van der Waals surface area contributed by atoms with Crippen LogP contribution in [-0.2, 0) is 29.2 Å². The summed E-state index contributed by atoms with van der Waals surface area (Å²) in [5, 5.41) is 6.61. The van der Waals surface area contributed by atoms with Gasteiger partial charge >= 0.3 is 6.18 Å². The van der Waals surface area contributed by atoms with E-state index in [0.717, 1.165) is 11.6 Å². The van der Waals surface area contributed by atoms with Crippen LogP contribution in [0.3, 0.4) is 0 Å². The molecule has 2 heterocycles. The van der Waals surface area contributed by atoms with Gasteiger partial charge in [0, 0.05) is 29.4 Å². The van der Waals surface area contributed by atoms with Gasteiger partial charge in [-0.3, -0.25) is 0 Å². The Hall–Kier alpha value is -4.13. The van der Waals surface area contributed by atoms with Crippen molar-refractivity contribution in [2.75, 3.05) is 23.9 Å². The SMILES string of the molecule is CS(=O)(=O)CCNCc1ccc(-c2ccc3ncnc(Nc4ccc(OCc5ccccc5)c(C(F)(F)F)c4)c3c2)o1.[Cl-]. The number of alkyl halides is 3. The topological polar surface area (TPSA) is 106 Å². The maximum Gasteiger partial charge on any atom is 0.420 e. The maximum atomic E-state index is 14.0. The van der Waals surface area contributed by atoms with Crippen molar-refractivity contribution in [3.63, 3.8) is 0 Å². The number of aromatic nitrogens is 2. The van der Waals surface area contributed by atoms with E-state index in [1.54, 1.807) is 48.5 Å². The van der Waals surface area contributed by atoms with Crippen LogP contribution in [0.1, 0.15) is 16.9 Å².